The predicted molar refractivity (Wildman–Crippen MR) is 241 cm³/mol. The standard InChI is InChI=1S/C48H56N10O5/c1-2-36-27-56(41-24-40(52-53-45(41)49)37-5-3-4-6-42(37)59)29-43(63-36)32-11-13-33(14-12-32)47(61)55-21-19-54(20-22-55)26-30-7-15-34(16-8-30)58-28-39(31-9-10-31)38-23-35(25-50-46(38)58)57-18-17-44(60)51-48(57)62/h3-6,11-14,23-25,28,30-31,34,36,43,59H,2,7-10,15-22,26-27,29H2,1H3,(H2,49,53)(H,51,60,62)/t30?,34?,36-,43-/m0/s1. The van der Waals surface area contributed by atoms with E-state index < -0.39 is 0 Å². The molecular formula is C48H56N10O5. The molecular weight excluding hydrogens is 797 g/mol. The van der Waals surface area contributed by atoms with Crippen LogP contribution in [0.1, 0.15) is 97.8 Å². The molecule has 6 heterocycles. The molecule has 3 aromatic heterocycles. The zero-order valence-electron chi connectivity index (χ0n) is 35.9. The third-order valence-corrected chi connectivity index (χ3v) is 13.9. The first-order valence-corrected chi connectivity index (χ1v) is 22.7. The molecule has 3 saturated heterocycles. The summed E-state index contributed by atoms with van der Waals surface area (Å²) < 4.78 is 8.95. The Hall–Kier alpha value is -6.06. The number of fused-ring (bicyclic) bond motifs is 1. The van der Waals surface area contributed by atoms with Crippen LogP contribution in [-0.4, -0.2) is 111 Å². The Balaban J connectivity index is 0.726. The zero-order chi connectivity index (χ0) is 43.2. The maximum Gasteiger partial charge on any atom is 0.328 e. The average Bonchev–Trinajstić information content (AvgIpc) is 4.09. The number of pyridine rings is 1. The molecule has 2 atom stereocenters. The zero-order valence-corrected chi connectivity index (χ0v) is 35.9. The van der Waals surface area contributed by atoms with Gasteiger partial charge in [-0.25, -0.2) is 9.78 Å². The predicted octanol–water partition coefficient (Wildman–Crippen LogP) is 6.65. The van der Waals surface area contributed by atoms with Gasteiger partial charge in [0.15, 0.2) is 5.82 Å². The third-order valence-electron chi connectivity index (χ3n) is 13.9. The van der Waals surface area contributed by atoms with E-state index in [-0.39, 0.29) is 35.8 Å². The number of aromatic nitrogens is 4. The summed E-state index contributed by atoms with van der Waals surface area (Å²) in [6, 6.07) is 18.9. The number of phenolic OH excluding ortho intramolecular Hbond substituents is 1. The van der Waals surface area contributed by atoms with E-state index in [1.165, 1.54) is 18.4 Å². The molecule has 3 aliphatic heterocycles. The largest absolute Gasteiger partial charge is 0.507 e. The molecule has 0 unspecified atom stereocenters. The van der Waals surface area contributed by atoms with Crippen LogP contribution in [0.15, 0.2) is 73.1 Å². The van der Waals surface area contributed by atoms with Crippen LogP contribution in [0.25, 0.3) is 22.3 Å². The van der Waals surface area contributed by atoms with Crippen molar-refractivity contribution in [2.45, 2.75) is 82.5 Å². The quantitative estimate of drug-likeness (QED) is 0.137. The summed E-state index contributed by atoms with van der Waals surface area (Å²) in [4.78, 5) is 51.3. The van der Waals surface area contributed by atoms with E-state index in [2.05, 4.69) is 49.1 Å². The fourth-order valence-electron chi connectivity index (χ4n) is 10.1. The summed E-state index contributed by atoms with van der Waals surface area (Å²) >= 11 is 0. The molecule has 5 aliphatic rings. The Morgan fingerprint density at radius 3 is 2.43 bits per heavy atom. The van der Waals surface area contributed by atoms with Crippen molar-refractivity contribution in [3.05, 3.63) is 89.7 Å². The molecule has 328 valence electrons. The molecule has 10 rings (SSSR count). The van der Waals surface area contributed by atoms with Crippen LogP contribution in [0.2, 0.25) is 0 Å². The van der Waals surface area contributed by atoms with Gasteiger partial charge in [0, 0.05) is 87.5 Å². The van der Waals surface area contributed by atoms with Crippen molar-refractivity contribution in [1.82, 2.24) is 34.9 Å². The summed E-state index contributed by atoms with van der Waals surface area (Å²) in [5.74, 6) is 1.45. The molecule has 0 radical (unpaired) electrons. The van der Waals surface area contributed by atoms with Crippen LogP contribution >= 0.6 is 0 Å². The van der Waals surface area contributed by atoms with Crippen molar-refractivity contribution in [2.75, 3.05) is 67.9 Å². The first-order chi connectivity index (χ1) is 30.7. The number of ether oxygens (including phenoxy) is 1. The number of imide groups is 1. The molecule has 0 bridgehead atoms. The van der Waals surface area contributed by atoms with Gasteiger partial charge >= 0.3 is 6.03 Å². The lowest BCUT2D eigenvalue weighted by atomic mass is 9.85. The van der Waals surface area contributed by atoms with Crippen LogP contribution in [0.3, 0.4) is 0 Å². The van der Waals surface area contributed by atoms with Gasteiger partial charge in [0.25, 0.3) is 5.91 Å². The monoisotopic (exact) mass is 852 g/mol. The van der Waals surface area contributed by atoms with Crippen molar-refractivity contribution in [3.8, 4) is 17.0 Å². The number of amides is 4. The first-order valence-electron chi connectivity index (χ1n) is 22.7. The number of hydrogen-bond acceptors (Lipinski definition) is 11. The molecule has 0 spiro atoms. The van der Waals surface area contributed by atoms with E-state index in [4.69, 9.17) is 15.5 Å². The molecule has 2 aromatic carbocycles. The van der Waals surface area contributed by atoms with E-state index in [9.17, 15) is 19.5 Å². The number of benzene rings is 2. The Morgan fingerprint density at radius 2 is 1.70 bits per heavy atom. The van der Waals surface area contributed by atoms with Crippen LogP contribution in [0, 0.1) is 5.92 Å². The second kappa shape index (κ2) is 17.2. The highest BCUT2D eigenvalue weighted by Crippen LogP contribution is 2.46. The van der Waals surface area contributed by atoms with Gasteiger partial charge in [-0.15, -0.1) is 10.2 Å². The summed E-state index contributed by atoms with van der Waals surface area (Å²) in [5.41, 5.74) is 13.0. The van der Waals surface area contributed by atoms with Crippen LogP contribution < -0.4 is 20.9 Å². The summed E-state index contributed by atoms with van der Waals surface area (Å²) in [7, 11) is 0. The van der Waals surface area contributed by atoms with E-state index in [0.717, 1.165) is 79.7 Å². The lowest BCUT2D eigenvalue weighted by Gasteiger charge is -2.39. The van der Waals surface area contributed by atoms with Crippen LogP contribution in [0.5, 0.6) is 5.75 Å². The number of aromatic hydroxyl groups is 1. The maximum atomic E-state index is 13.8. The second-order valence-corrected chi connectivity index (χ2v) is 18.1. The molecule has 2 saturated carbocycles. The number of rotatable bonds is 10. The van der Waals surface area contributed by atoms with Crippen molar-refractivity contribution in [2.24, 2.45) is 5.92 Å². The van der Waals surface area contributed by atoms with E-state index in [0.29, 0.717) is 79.7 Å². The number of piperazine rings is 1. The average molecular weight is 853 g/mol. The minimum Gasteiger partial charge on any atom is -0.507 e. The number of nitrogens with two attached hydrogens (primary N) is 1. The van der Waals surface area contributed by atoms with Gasteiger partial charge in [0.1, 0.15) is 17.5 Å². The number of hydrogen-bond donors (Lipinski definition) is 3. The number of anilines is 3. The fourth-order valence-corrected chi connectivity index (χ4v) is 10.1. The van der Waals surface area contributed by atoms with Crippen molar-refractivity contribution in [3.63, 3.8) is 0 Å². The number of para-hydroxylation sites is 1. The maximum absolute atomic E-state index is 13.8. The number of urea groups is 1. The lowest BCUT2D eigenvalue weighted by molar-refractivity contribution is -0.120. The molecule has 4 amide bonds. The van der Waals surface area contributed by atoms with Gasteiger partial charge in [-0.3, -0.25) is 24.7 Å². The third kappa shape index (κ3) is 8.43. The highest BCUT2D eigenvalue weighted by atomic mass is 16.5. The Bertz CT molecular complexity index is 2510. The number of nitrogens with one attached hydrogen (secondary N) is 1. The van der Waals surface area contributed by atoms with Crippen LogP contribution in [0.4, 0.5) is 22.0 Å². The number of carbonyl (C=O) groups is 3. The lowest BCUT2D eigenvalue weighted by Crippen LogP contribution is -2.50. The molecule has 15 heteroatoms. The van der Waals surface area contributed by atoms with Crippen molar-refractivity contribution in [1.29, 1.82) is 0 Å². The number of carbonyl (C=O) groups excluding carboxylic acids is 3. The van der Waals surface area contributed by atoms with E-state index >= 15 is 0 Å². The molecule has 15 nitrogen and oxygen atoms in total. The van der Waals surface area contributed by atoms with Gasteiger partial charge in [-0.05, 0) is 104 Å². The minimum absolute atomic E-state index is 0.0304. The Kier molecular flexibility index (Phi) is 11.2. The van der Waals surface area contributed by atoms with Gasteiger partial charge in [-0.2, -0.15) is 0 Å². The minimum atomic E-state index is -0.379. The first kappa shape index (κ1) is 41.0. The number of phenols is 1. The molecule has 2 aliphatic carbocycles. The Morgan fingerprint density at radius 1 is 0.921 bits per heavy atom. The van der Waals surface area contributed by atoms with Crippen molar-refractivity contribution < 1.29 is 24.2 Å². The van der Waals surface area contributed by atoms with E-state index in [1.807, 2.05) is 47.4 Å². The normalized spacial score (nSPS) is 23.6. The number of nitrogens with zero attached hydrogens (tertiary/aromatic N) is 8. The summed E-state index contributed by atoms with van der Waals surface area (Å²) in [5, 5.41) is 22.5. The fraction of sp³-hybridized carbons (Fsp3) is 0.458. The summed E-state index contributed by atoms with van der Waals surface area (Å²) in [6.07, 6.45) is 11.9. The molecule has 5 fully saturated rings. The highest BCUT2D eigenvalue weighted by Gasteiger charge is 2.34. The highest BCUT2D eigenvalue weighted by molar-refractivity contribution is 6.06. The van der Waals surface area contributed by atoms with Gasteiger partial charge in [0.2, 0.25) is 5.91 Å². The van der Waals surface area contributed by atoms with E-state index in [1.54, 1.807) is 23.2 Å². The van der Waals surface area contributed by atoms with Crippen LogP contribution in [-0.2, 0) is 9.53 Å². The topological polar surface area (TPSA) is 175 Å². The SMILES string of the molecule is CC[C@H]1CN(c2cc(-c3ccccc3O)nnc2N)C[C@@H](c2ccc(C(=O)N3CCN(CC4CCC(n5cc(C6CC6)c6cc(N7CCC(=O)NC7=O)cnc65)CC4)CC3)cc2)O1. The second-order valence-electron chi connectivity index (χ2n) is 18.1. The number of morpholine rings is 1. The molecule has 5 aromatic rings. The van der Waals surface area contributed by atoms with Gasteiger partial charge in [-0.1, -0.05) is 31.2 Å². The Labute approximate surface area is 367 Å². The van der Waals surface area contributed by atoms with Gasteiger partial charge < -0.3 is 29.9 Å². The van der Waals surface area contributed by atoms with Crippen molar-refractivity contribution >= 4 is 46.1 Å². The number of nitrogen functional groups attached to an aromatic ring is 1. The molecule has 63 heavy (non-hydrogen) atoms. The smallest absolute Gasteiger partial charge is 0.328 e. The summed E-state index contributed by atoms with van der Waals surface area (Å²) in [6.45, 7) is 7.89. The molecule has 4 N–H and O–H groups in total. The van der Waals surface area contributed by atoms with Gasteiger partial charge in [0.05, 0.1) is 29.4 Å².